The molecule has 0 saturated heterocycles. The molecule has 1 aliphatic rings. The van der Waals surface area contributed by atoms with Gasteiger partial charge in [-0.3, -0.25) is 4.98 Å². The van der Waals surface area contributed by atoms with Crippen LogP contribution in [0, 0.1) is 6.92 Å². The first kappa shape index (κ1) is 20.1. The molecule has 2 aromatic carbocycles. The van der Waals surface area contributed by atoms with Crippen molar-refractivity contribution in [1.82, 2.24) is 10.3 Å². The number of fused-ring (bicyclic) bond motifs is 3. The fourth-order valence-corrected chi connectivity index (χ4v) is 3.92. The van der Waals surface area contributed by atoms with E-state index in [-0.39, 0.29) is 19.1 Å². The highest BCUT2D eigenvalue weighted by molar-refractivity contribution is 5.79. The third-order valence-electron chi connectivity index (χ3n) is 5.43. The molecule has 3 aromatic rings. The molecule has 154 valence electrons. The number of aliphatic hydroxyl groups is 2. The number of aryl methyl sites for hydroxylation is 1. The lowest BCUT2D eigenvalue weighted by molar-refractivity contribution is 0.0185. The van der Waals surface area contributed by atoms with E-state index < -0.39 is 18.3 Å². The third-order valence-corrected chi connectivity index (χ3v) is 5.43. The van der Waals surface area contributed by atoms with Crippen molar-refractivity contribution < 1.29 is 19.7 Å². The van der Waals surface area contributed by atoms with Gasteiger partial charge >= 0.3 is 6.09 Å². The second kappa shape index (κ2) is 8.65. The molecule has 0 saturated carbocycles. The van der Waals surface area contributed by atoms with Crippen LogP contribution in [0.25, 0.3) is 11.1 Å². The van der Waals surface area contributed by atoms with Gasteiger partial charge in [0.1, 0.15) is 18.8 Å². The molecule has 0 fully saturated rings. The number of nitrogens with zero attached hydrogens (tertiary/aromatic N) is 1. The van der Waals surface area contributed by atoms with E-state index in [1.165, 1.54) is 0 Å². The van der Waals surface area contributed by atoms with Crippen LogP contribution in [0.1, 0.15) is 34.4 Å². The van der Waals surface area contributed by atoms with Crippen LogP contribution in [0.15, 0.2) is 66.9 Å². The van der Waals surface area contributed by atoms with Crippen molar-refractivity contribution >= 4 is 6.09 Å². The molecule has 0 radical (unpaired) electrons. The first-order chi connectivity index (χ1) is 14.5. The summed E-state index contributed by atoms with van der Waals surface area (Å²) >= 11 is 0. The van der Waals surface area contributed by atoms with Gasteiger partial charge in [0.05, 0.1) is 0 Å². The SMILES string of the molecule is Cc1cc(C(O)C(O)CNC(=O)OCC2c3ccccc3-c3ccccc32)ccn1. The summed E-state index contributed by atoms with van der Waals surface area (Å²) in [6, 6.07) is 19.6. The molecule has 0 spiro atoms. The Morgan fingerprint density at radius 1 is 1.07 bits per heavy atom. The van der Waals surface area contributed by atoms with E-state index in [4.69, 9.17) is 4.74 Å². The number of carbonyl (C=O) groups excluding carboxylic acids is 1. The zero-order chi connectivity index (χ0) is 21.1. The zero-order valence-electron chi connectivity index (χ0n) is 16.7. The number of hydrogen-bond acceptors (Lipinski definition) is 5. The number of aromatic nitrogens is 1. The first-order valence-electron chi connectivity index (χ1n) is 9.92. The average Bonchev–Trinajstić information content (AvgIpc) is 3.09. The van der Waals surface area contributed by atoms with Crippen LogP contribution >= 0.6 is 0 Å². The topological polar surface area (TPSA) is 91.7 Å². The smallest absolute Gasteiger partial charge is 0.407 e. The Labute approximate surface area is 175 Å². The standard InChI is InChI=1S/C24H24N2O4/c1-15-12-16(10-11-25-15)23(28)22(27)13-26-24(29)30-14-21-19-8-4-2-6-17(19)18-7-3-5-9-20(18)21/h2-12,21-23,27-28H,13-14H2,1H3,(H,26,29). The molecule has 1 heterocycles. The van der Waals surface area contributed by atoms with E-state index in [1.807, 2.05) is 24.3 Å². The number of rotatable bonds is 6. The molecule has 1 amide bonds. The highest BCUT2D eigenvalue weighted by Crippen LogP contribution is 2.44. The minimum atomic E-state index is -1.16. The number of pyridine rings is 1. The van der Waals surface area contributed by atoms with Gasteiger partial charge in [-0.05, 0) is 46.9 Å². The summed E-state index contributed by atoms with van der Waals surface area (Å²) in [5.41, 5.74) is 5.87. The largest absolute Gasteiger partial charge is 0.449 e. The highest BCUT2D eigenvalue weighted by atomic mass is 16.5. The van der Waals surface area contributed by atoms with Crippen LogP contribution in [0.2, 0.25) is 0 Å². The Morgan fingerprint density at radius 3 is 2.33 bits per heavy atom. The molecule has 3 N–H and O–H groups in total. The summed E-state index contributed by atoms with van der Waals surface area (Å²) in [6.45, 7) is 1.87. The Bertz CT molecular complexity index is 1010. The Kier molecular flexibility index (Phi) is 5.79. The summed E-state index contributed by atoms with van der Waals surface area (Å²) in [5, 5.41) is 23.0. The van der Waals surface area contributed by atoms with Crippen LogP contribution in [0.5, 0.6) is 0 Å². The number of hydrogen-bond donors (Lipinski definition) is 3. The van der Waals surface area contributed by atoms with Gasteiger partial charge in [-0.25, -0.2) is 4.79 Å². The summed E-state index contributed by atoms with van der Waals surface area (Å²) in [5.74, 6) is -0.0292. The molecule has 0 aliphatic heterocycles. The second-order valence-electron chi connectivity index (χ2n) is 7.45. The van der Waals surface area contributed by atoms with Crippen LogP contribution in [0.3, 0.4) is 0 Å². The quantitative estimate of drug-likeness (QED) is 0.586. The third kappa shape index (κ3) is 4.06. The van der Waals surface area contributed by atoms with Crippen molar-refractivity contribution in [3.63, 3.8) is 0 Å². The number of aliphatic hydroxyl groups excluding tert-OH is 2. The van der Waals surface area contributed by atoms with E-state index >= 15 is 0 Å². The van der Waals surface area contributed by atoms with E-state index in [9.17, 15) is 15.0 Å². The van der Waals surface area contributed by atoms with Crippen molar-refractivity contribution in [2.75, 3.05) is 13.2 Å². The molecule has 0 bridgehead atoms. The number of nitrogens with one attached hydrogen (secondary N) is 1. The van der Waals surface area contributed by atoms with E-state index in [2.05, 4.69) is 34.6 Å². The summed E-state index contributed by atoms with van der Waals surface area (Å²) in [4.78, 5) is 16.3. The van der Waals surface area contributed by atoms with E-state index in [1.54, 1.807) is 25.3 Å². The monoisotopic (exact) mass is 404 g/mol. The number of alkyl carbamates (subject to hydrolysis) is 1. The fraction of sp³-hybridized carbons (Fsp3) is 0.250. The van der Waals surface area contributed by atoms with Crippen LogP contribution in [-0.2, 0) is 4.74 Å². The van der Waals surface area contributed by atoms with E-state index in [0.717, 1.165) is 27.9 Å². The van der Waals surface area contributed by atoms with E-state index in [0.29, 0.717) is 5.56 Å². The first-order valence-corrected chi connectivity index (χ1v) is 9.92. The van der Waals surface area contributed by atoms with Gasteiger partial charge in [0.25, 0.3) is 0 Å². The van der Waals surface area contributed by atoms with Crippen molar-refractivity contribution in [2.45, 2.75) is 25.0 Å². The van der Waals surface area contributed by atoms with Gasteiger partial charge in [0.2, 0.25) is 0 Å². The lowest BCUT2D eigenvalue weighted by Crippen LogP contribution is -2.36. The molecular formula is C24H24N2O4. The number of ether oxygens (including phenoxy) is 1. The van der Waals surface area contributed by atoms with Gasteiger partial charge in [-0.2, -0.15) is 0 Å². The molecule has 4 rings (SSSR count). The number of carbonyl (C=O) groups is 1. The normalized spacial score (nSPS) is 14.5. The zero-order valence-corrected chi connectivity index (χ0v) is 16.7. The molecule has 2 unspecified atom stereocenters. The molecule has 1 aromatic heterocycles. The molecule has 1 aliphatic carbocycles. The second-order valence-corrected chi connectivity index (χ2v) is 7.45. The molecule has 6 nitrogen and oxygen atoms in total. The maximum Gasteiger partial charge on any atom is 0.407 e. The lowest BCUT2D eigenvalue weighted by Gasteiger charge is -2.19. The number of benzene rings is 2. The summed E-state index contributed by atoms with van der Waals surface area (Å²) < 4.78 is 5.44. The van der Waals surface area contributed by atoms with Crippen molar-refractivity contribution in [3.8, 4) is 11.1 Å². The van der Waals surface area contributed by atoms with Gasteiger partial charge < -0.3 is 20.3 Å². The molecule has 30 heavy (non-hydrogen) atoms. The van der Waals surface area contributed by atoms with Crippen molar-refractivity contribution in [2.24, 2.45) is 0 Å². The Hall–Kier alpha value is -3.22. The van der Waals surface area contributed by atoms with Crippen LogP contribution in [-0.4, -0.2) is 40.5 Å². The highest BCUT2D eigenvalue weighted by Gasteiger charge is 2.29. The lowest BCUT2D eigenvalue weighted by atomic mass is 9.98. The minimum Gasteiger partial charge on any atom is -0.449 e. The van der Waals surface area contributed by atoms with Crippen LogP contribution in [0.4, 0.5) is 4.79 Å². The predicted molar refractivity (Wildman–Crippen MR) is 113 cm³/mol. The molecular weight excluding hydrogens is 380 g/mol. The average molecular weight is 404 g/mol. The summed E-state index contributed by atoms with van der Waals surface area (Å²) in [7, 11) is 0. The van der Waals surface area contributed by atoms with Crippen LogP contribution < -0.4 is 5.32 Å². The fourth-order valence-electron chi connectivity index (χ4n) is 3.92. The molecule has 6 heteroatoms. The van der Waals surface area contributed by atoms with Gasteiger partial charge in [0.15, 0.2) is 0 Å². The summed E-state index contributed by atoms with van der Waals surface area (Å²) in [6.07, 6.45) is -1.35. The van der Waals surface area contributed by atoms with Gasteiger partial charge in [-0.1, -0.05) is 48.5 Å². The number of amides is 1. The Morgan fingerprint density at radius 2 is 1.70 bits per heavy atom. The van der Waals surface area contributed by atoms with Crippen molar-refractivity contribution in [3.05, 3.63) is 89.2 Å². The van der Waals surface area contributed by atoms with Crippen molar-refractivity contribution in [1.29, 1.82) is 0 Å². The molecule has 2 atom stereocenters. The maximum absolute atomic E-state index is 12.2. The van der Waals surface area contributed by atoms with Gasteiger partial charge in [0, 0.05) is 24.4 Å². The Balaban J connectivity index is 1.34. The predicted octanol–water partition coefficient (Wildman–Crippen LogP) is 3.32. The minimum absolute atomic E-state index is 0.0292. The van der Waals surface area contributed by atoms with Gasteiger partial charge in [-0.15, -0.1) is 0 Å². The maximum atomic E-state index is 12.2.